The van der Waals surface area contributed by atoms with E-state index >= 15 is 0 Å². The molecule has 0 radical (unpaired) electrons. The number of nitrogens with zero attached hydrogens (tertiary/aromatic N) is 2. The van der Waals surface area contributed by atoms with Crippen LogP contribution in [-0.4, -0.2) is 35.3 Å². The van der Waals surface area contributed by atoms with E-state index < -0.39 is 0 Å². The van der Waals surface area contributed by atoms with Gasteiger partial charge in [0.15, 0.2) is 5.82 Å². The Balaban J connectivity index is 2.11. The molecule has 1 aliphatic carbocycles. The Morgan fingerprint density at radius 1 is 1.40 bits per heavy atom. The van der Waals surface area contributed by atoms with Gasteiger partial charge in [0.25, 0.3) is 0 Å². The summed E-state index contributed by atoms with van der Waals surface area (Å²) in [5.41, 5.74) is 6.57. The van der Waals surface area contributed by atoms with Crippen LogP contribution in [0.15, 0.2) is 6.33 Å². The molecule has 1 heterocycles. The molecule has 2 rings (SSSR count). The first-order valence-corrected chi connectivity index (χ1v) is 6.92. The molecule has 1 aromatic rings. The average molecular weight is 280 g/mol. The Kier molecular flexibility index (Phi) is 4.04. The van der Waals surface area contributed by atoms with Gasteiger partial charge in [0, 0.05) is 18.6 Å². The lowest BCUT2D eigenvalue weighted by atomic mass is 9.64. The Labute approximate surface area is 120 Å². The minimum atomic E-state index is 0.0260. The van der Waals surface area contributed by atoms with Gasteiger partial charge in [-0.2, -0.15) is 4.98 Å². The molecule has 2 unspecified atom stereocenters. The zero-order valence-corrected chi connectivity index (χ0v) is 12.8. The molecule has 6 nitrogen and oxygen atoms in total. The maximum atomic E-state index is 6.07. The normalized spacial score (nSPS) is 24.3. The fourth-order valence-electron chi connectivity index (χ4n) is 2.51. The maximum absolute atomic E-state index is 6.07. The van der Waals surface area contributed by atoms with Crippen molar-refractivity contribution in [2.75, 3.05) is 18.2 Å². The van der Waals surface area contributed by atoms with Gasteiger partial charge >= 0.3 is 0 Å². The number of aromatic nitrogens is 2. The molecule has 1 saturated carbocycles. The molecule has 112 valence electrons. The third-order valence-corrected chi connectivity index (χ3v) is 3.97. The minimum absolute atomic E-state index is 0.0260. The highest BCUT2D eigenvalue weighted by molar-refractivity contribution is 5.67. The molecule has 0 aliphatic heterocycles. The number of methoxy groups -OCH3 is 1. The second kappa shape index (κ2) is 5.44. The average Bonchev–Trinajstić information content (AvgIpc) is 2.37. The van der Waals surface area contributed by atoms with Crippen molar-refractivity contribution >= 4 is 11.5 Å². The van der Waals surface area contributed by atoms with Gasteiger partial charge in [0.2, 0.25) is 5.88 Å². The molecule has 6 heteroatoms. The lowest BCUT2D eigenvalue weighted by Crippen LogP contribution is -2.57. The predicted octanol–water partition coefficient (Wildman–Crippen LogP) is 2.07. The third-order valence-electron chi connectivity index (χ3n) is 3.97. The van der Waals surface area contributed by atoms with E-state index in [1.165, 1.54) is 6.33 Å². The van der Waals surface area contributed by atoms with Gasteiger partial charge in [-0.25, -0.2) is 4.98 Å². The van der Waals surface area contributed by atoms with Crippen molar-refractivity contribution in [1.29, 1.82) is 0 Å². The van der Waals surface area contributed by atoms with Crippen LogP contribution in [0.5, 0.6) is 5.88 Å². The molecule has 0 spiro atoms. The molecular formula is C14H24N4O2. The summed E-state index contributed by atoms with van der Waals surface area (Å²) in [6.45, 7) is 8.22. The Morgan fingerprint density at radius 3 is 2.65 bits per heavy atom. The number of anilines is 2. The first kappa shape index (κ1) is 14.8. The lowest BCUT2D eigenvalue weighted by Gasteiger charge is -2.51. The predicted molar refractivity (Wildman–Crippen MR) is 78.8 cm³/mol. The standard InChI is InChI=1S/C14H24N4O2/c1-8(2)20-13-11(15)12(16-7-17-13)18-9-6-10(19-5)14(9,3)4/h7-10H,6,15H2,1-5H3,(H,16,17,18). The van der Waals surface area contributed by atoms with Crippen LogP contribution in [-0.2, 0) is 4.74 Å². The summed E-state index contributed by atoms with van der Waals surface area (Å²) < 4.78 is 11.0. The number of hydrogen-bond donors (Lipinski definition) is 2. The highest BCUT2D eigenvalue weighted by Crippen LogP contribution is 2.44. The van der Waals surface area contributed by atoms with E-state index in [-0.39, 0.29) is 23.7 Å². The van der Waals surface area contributed by atoms with Crippen LogP contribution in [0.3, 0.4) is 0 Å². The summed E-state index contributed by atoms with van der Waals surface area (Å²) in [5.74, 6) is 1.06. The van der Waals surface area contributed by atoms with Gasteiger partial charge in [-0.05, 0) is 20.3 Å². The van der Waals surface area contributed by atoms with E-state index in [1.807, 2.05) is 13.8 Å². The SMILES string of the molecule is COC1CC(Nc2ncnc(OC(C)C)c2N)C1(C)C. The van der Waals surface area contributed by atoms with Crippen molar-refractivity contribution in [3.05, 3.63) is 6.33 Å². The van der Waals surface area contributed by atoms with E-state index in [9.17, 15) is 0 Å². The van der Waals surface area contributed by atoms with Crippen molar-refractivity contribution in [1.82, 2.24) is 9.97 Å². The molecular weight excluding hydrogens is 256 g/mol. The smallest absolute Gasteiger partial charge is 0.242 e. The van der Waals surface area contributed by atoms with Crippen LogP contribution in [0.2, 0.25) is 0 Å². The summed E-state index contributed by atoms with van der Waals surface area (Å²) in [4.78, 5) is 8.29. The first-order valence-electron chi connectivity index (χ1n) is 6.92. The van der Waals surface area contributed by atoms with Crippen LogP contribution in [0.25, 0.3) is 0 Å². The number of rotatable bonds is 5. The van der Waals surface area contributed by atoms with Gasteiger partial charge < -0.3 is 20.5 Å². The van der Waals surface area contributed by atoms with Gasteiger partial charge in [0.1, 0.15) is 12.0 Å². The largest absolute Gasteiger partial charge is 0.473 e. The van der Waals surface area contributed by atoms with Crippen molar-refractivity contribution in [2.45, 2.75) is 52.4 Å². The maximum Gasteiger partial charge on any atom is 0.242 e. The van der Waals surface area contributed by atoms with Crippen LogP contribution >= 0.6 is 0 Å². The van der Waals surface area contributed by atoms with Crippen LogP contribution in [0, 0.1) is 5.41 Å². The highest BCUT2D eigenvalue weighted by Gasteiger charge is 2.48. The van der Waals surface area contributed by atoms with Crippen LogP contribution in [0.4, 0.5) is 11.5 Å². The van der Waals surface area contributed by atoms with Gasteiger partial charge in [-0.15, -0.1) is 0 Å². The van der Waals surface area contributed by atoms with Gasteiger partial charge in [-0.1, -0.05) is 13.8 Å². The summed E-state index contributed by atoms with van der Waals surface area (Å²) >= 11 is 0. The Bertz CT molecular complexity index is 476. The summed E-state index contributed by atoms with van der Waals surface area (Å²) in [6.07, 6.45) is 2.69. The molecule has 0 amide bonds. The molecule has 0 saturated heterocycles. The van der Waals surface area contributed by atoms with Crippen molar-refractivity contribution in [3.63, 3.8) is 0 Å². The Morgan fingerprint density at radius 2 is 2.10 bits per heavy atom. The summed E-state index contributed by atoms with van der Waals surface area (Å²) in [6, 6.07) is 0.275. The van der Waals surface area contributed by atoms with Crippen LogP contribution in [0.1, 0.15) is 34.1 Å². The van der Waals surface area contributed by atoms with E-state index in [0.29, 0.717) is 17.4 Å². The van der Waals surface area contributed by atoms with Crippen molar-refractivity contribution in [2.24, 2.45) is 5.41 Å². The number of nitrogens with two attached hydrogens (primary N) is 1. The molecule has 3 N–H and O–H groups in total. The van der Waals surface area contributed by atoms with E-state index in [2.05, 4.69) is 29.1 Å². The number of ether oxygens (including phenoxy) is 2. The summed E-state index contributed by atoms with van der Waals surface area (Å²) in [5, 5.41) is 3.38. The van der Waals surface area contributed by atoms with Crippen LogP contribution < -0.4 is 15.8 Å². The van der Waals surface area contributed by atoms with Crippen molar-refractivity contribution in [3.8, 4) is 5.88 Å². The zero-order chi connectivity index (χ0) is 14.9. The zero-order valence-electron chi connectivity index (χ0n) is 12.8. The van der Waals surface area contributed by atoms with Gasteiger partial charge in [0.05, 0.1) is 12.2 Å². The number of nitrogen functional groups attached to an aromatic ring is 1. The molecule has 0 aromatic carbocycles. The summed E-state index contributed by atoms with van der Waals surface area (Å²) in [7, 11) is 1.75. The fourth-order valence-corrected chi connectivity index (χ4v) is 2.51. The van der Waals surface area contributed by atoms with E-state index in [0.717, 1.165) is 6.42 Å². The quantitative estimate of drug-likeness (QED) is 0.859. The highest BCUT2D eigenvalue weighted by atomic mass is 16.5. The monoisotopic (exact) mass is 280 g/mol. The number of hydrogen-bond acceptors (Lipinski definition) is 6. The topological polar surface area (TPSA) is 82.3 Å². The first-order chi connectivity index (χ1) is 9.36. The van der Waals surface area contributed by atoms with E-state index in [1.54, 1.807) is 7.11 Å². The second-order valence-electron chi connectivity index (χ2n) is 6.09. The molecule has 1 aromatic heterocycles. The molecule has 0 bridgehead atoms. The second-order valence-corrected chi connectivity index (χ2v) is 6.09. The van der Waals surface area contributed by atoms with Crippen molar-refractivity contribution < 1.29 is 9.47 Å². The van der Waals surface area contributed by atoms with E-state index in [4.69, 9.17) is 15.2 Å². The molecule has 2 atom stereocenters. The lowest BCUT2D eigenvalue weighted by molar-refractivity contribution is -0.0795. The molecule has 1 aliphatic rings. The Hall–Kier alpha value is -1.56. The van der Waals surface area contributed by atoms with Gasteiger partial charge in [-0.3, -0.25) is 0 Å². The molecule has 20 heavy (non-hydrogen) atoms. The number of nitrogens with one attached hydrogen (secondary N) is 1. The third kappa shape index (κ3) is 2.65. The fraction of sp³-hybridized carbons (Fsp3) is 0.714. The minimum Gasteiger partial charge on any atom is -0.473 e. The molecule has 1 fully saturated rings.